The minimum atomic E-state index is -0.631. The smallest absolute Gasteiger partial charge is 0.280 e. The van der Waals surface area contributed by atoms with E-state index in [2.05, 4.69) is 10.4 Å². The second-order valence-corrected chi connectivity index (χ2v) is 5.83. The maximum atomic E-state index is 12.7. The summed E-state index contributed by atoms with van der Waals surface area (Å²) >= 11 is 0. The summed E-state index contributed by atoms with van der Waals surface area (Å²) in [5.74, 6) is 0.358. The fourth-order valence-electron chi connectivity index (χ4n) is 2.50. The van der Waals surface area contributed by atoms with Gasteiger partial charge in [-0.15, -0.1) is 0 Å². The first-order valence-electron chi connectivity index (χ1n) is 8.22. The Hall–Kier alpha value is -3.61. The number of carbonyl (C=O) groups is 1. The van der Waals surface area contributed by atoms with E-state index in [0.29, 0.717) is 17.2 Å². The Kier molecular flexibility index (Phi) is 5.21. The molecule has 0 spiro atoms. The third-order valence-electron chi connectivity index (χ3n) is 3.98. The lowest BCUT2D eigenvalue weighted by Gasteiger charge is -2.12. The molecule has 0 atom stereocenters. The fourth-order valence-corrected chi connectivity index (χ4v) is 2.50. The van der Waals surface area contributed by atoms with Crippen LogP contribution in [0.4, 0.5) is 5.69 Å². The third kappa shape index (κ3) is 3.98. The van der Waals surface area contributed by atoms with Gasteiger partial charge in [0.1, 0.15) is 11.5 Å². The number of benzene rings is 2. The second-order valence-electron chi connectivity index (χ2n) is 5.83. The topological polar surface area (TPSA) is 82.4 Å². The summed E-state index contributed by atoms with van der Waals surface area (Å²) in [5.41, 5.74) is 1.53. The van der Waals surface area contributed by atoms with Crippen molar-refractivity contribution in [3.63, 3.8) is 0 Å². The number of carbonyl (C=O) groups excluding carboxylic acids is 1. The van der Waals surface area contributed by atoms with Crippen molar-refractivity contribution < 1.29 is 14.3 Å². The van der Waals surface area contributed by atoms with Crippen LogP contribution in [0.2, 0.25) is 0 Å². The van der Waals surface area contributed by atoms with Crippen LogP contribution in [0.1, 0.15) is 16.1 Å². The first-order chi connectivity index (χ1) is 13.0. The van der Waals surface area contributed by atoms with Crippen LogP contribution in [-0.4, -0.2) is 29.9 Å². The van der Waals surface area contributed by atoms with E-state index in [4.69, 9.17) is 9.47 Å². The van der Waals surface area contributed by atoms with Crippen molar-refractivity contribution in [3.8, 4) is 17.2 Å². The predicted octanol–water partition coefficient (Wildman–Crippen LogP) is 2.81. The molecule has 0 unspecified atom stereocenters. The van der Waals surface area contributed by atoms with Gasteiger partial charge in [0.25, 0.3) is 5.91 Å². The van der Waals surface area contributed by atoms with Crippen LogP contribution >= 0.6 is 0 Å². The van der Waals surface area contributed by atoms with Crippen LogP contribution in [0, 0.1) is 6.92 Å². The second kappa shape index (κ2) is 7.74. The first kappa shape index (κ1) is 18.2. The zero-order chi connectivity index (χ0) is 19.4. The normalized spacial score (nSPS) is 10.3. The van der Waals surface area contributed by atoms with Gasteiger partial charge in [-0.3, -0.25) is 9.59 Å². The Labute approximate surface area is 156 Å². The van der Waals surface area contributed by atoms with Crippen LogP contribution in [0.5, 0.6) is 11.5 Å². The van der Waals surface area contributed by atoms with Gasteiger partial charge in [-0.25, -0.2) is 4.68 Å². The predicted molar refractivity (Wildman–Crippen MR) is 102 cm³/mol. The highest BCUT2D eigenvalue weighted by molar-refractivity contribution is 6.03. The largest absolute Gasteiger partial charge is 0.497 e. The van der Waals surface area contributed by atoms with Crippen LogP contribution in [0.15, 0.2) is 59.5 Å². The summed E-state index contributed by atoms with van der Waals surface area (Å²) < 4.78 is 11.9. The van der Waals surface area contributed by atoms with Crippen molar-refractivity contribution >= 4 is 11.6 Å². The van der Waals surface area contributed by atoms with Crippen LogP contribution in [-0.2, 0) is 0 Å². The van der Waals surface area contributed by atoms with Crippen molar-refractivity contribution in [1.29, 1.82) is 0 Å². The summed E-state index contributed by atoms with van der Waals surface area (Å²) in [4.78, 5) is 24.8. The number of hydrogen-bond acceptors (Lipinski definition) is 5. The van der Waals surface area contributed by atoms with Crippen molar-refractivity contribution in [2.24, 2.45) is 0 Å². The van der Waals surface area contributed by atoms with E-state index in [1.165, 1.54) is 31.2 Å². The van der Waals surface area contributed by atoms with E-state index < -0.39 is 11.3 Å². The SMILES string of the molecule is COc1ccc(OC)c(NC(=O)c2nn(-c3ccc(C)cc3)ccc2=O)c1. The Bertz CT molecular complexity index is 1030. The molecule has 1 aromatic heterocycles. The molecular weight excluding hydrogens is 346 g/mol. The molecule has 0 radical (unpaired) electrons. The first-order valence-corrected chi connectivity index (χ1v) is 8.22. The standard InChI is InChI=1S/C20H19N3O4/c1-13-4-6-14(7-5-13)23-11-10-17(24)19(22-23)20(25)21-16-12-15(26-2)8-9-18(16)27-3/h4-12H,1-3H3,(H,21,25). The molecule has 0 fully saturated rings. The zero-order valence-electron chi connectivity index (χ0n) is 15.2. The molecular formula is C20H19N3O4. The molecule has 0 bridgehead atoms. The number of aryl methyl sites for hydroxylation is 1. The van der Waals surface area contributed by atoms with Gasteiger partial charge >= 0.3 is 0 Å². The van der Waals surface area contributed by atoms with Gasteiger partial charge in [0.05, 0.1) is 25.6 Å². The summed E-state index contributed by atoms with van der Waals surface area (Å²) in [6, 6.07) is 13.9. The van der Waals surface area contributed by atoms with E-state index in [0.717, 1.165) is 11.3 Å². The summed E-state index contributed by atoms with van der Waals surface area (Å²) in [6.45, 7) is 1.98. The minimum Gasteiger partial charge on any atom is -0.497 e. The highest BCUT2D eigenvalue weighted by Crippen LogP contribution is 2.29. The molecule has 0 aliphatic heterocycles. The van der Waals surface area contributed by atoms with Crippen LogP contribution < -0.4 is 20.2 Å². The number of anilines is 1. The number of amides is 1. The molecule has 0 aliphatic carbocycles. The number of ether oxygens (including phenoxy) is 2. The van der Waals surface area contributed by atoms with Crippen LogP contribution in [0.3, 0.4) is 0 Å². The third-order valence-corrected chi connectivity index (χ3v) is 3.98. The van der Waals surface area contributed by atoms with Crippen molar-refractivity contribution in [2.75, 3.05) is 19.5 Å². The summed E-state index contributed by atoms with van der Waals surface area (Å²) in [7, 11) is 3.01. The number of methoxy groups -OCH3 is 2. The molecule has 0 saturated heterocycles. The zero-order valence-corrected chi connectivity index (χ0v) is 15.2. The maximum Gasteiger partial charge on any atom is 0.280 e. The van der Waals surface area contributed by atoms with Gasteiger partial charge in [-0.2, -0.15) is 5.10 Å². The van der Waals surface area contributed by atoms with Crippen molar-refractivity contribution in [3.05, 3.63) is 76.2 Å². The molecule has 7 heteroatoms. The van der Waals surface area contributed by atoms with E-state index in [-0.39, 0.29) is 5.69 Å². The molecule has 0 aliphatic rings. The molecule has 1 heterocycles. The minimum absolute atomic E-state index is 0.219. The maximum absolute atomic E-state index is 12.7. The lowest BCUT2D eigenvalue weighted by Crippen LogP contribution is -2.25. The molecule has 0 saturated carbocycles. The van der Waals surface area contributed by atoms with E-state index in [9.17, 15) is 9.59 Å². The van der Waals surface area contributed by atoms with Crippen LogP contribution in [0.25, 0.3) is 5.69 Å². The summed E-state index contributed by atoms with van der Waals surface area (Å²) in [5, 5.41) is 6.85. The summed E-state index contributed by atoms with van der Waals surface area (Å²) in [6.07, 6.45) is 1.52. The van der Waals surface area contributed by atoms with E-state index in [1.807, 2.05) is 31.2 Å². The van der Waals surface area contributed by atoms with E-state index in [1.54, 1.807) is 18.2 Å². The number of nitrogens with zero attached hydrogens (tertiary/aromatic N) is 2. The molecule has 3 rings (SSSR count). The lowest BCUT2D eigenvalue weighted by molar-refractivity contribution is 0.101. The molecule has 2 aromatic carbocycles. The molecule has 7 nitrogen and oxygen atoms in total. The van der Waals surface area contributed by atoms with Gasteiger partial charge in [0.15, 0.2) is 5.69 Å². The Morgan fingerprint density at radius 3 is 2.44 bits per heavy atom. The number of rotatable bonds is 5. The Morgan fingerprint density at radius 2 is 1.78 bits per heavy atom. The molecule has 138 valence electrons. The van der Waals surface area contributed by atoms with Crippen molar-refractivity contribution in [1.82, 2.24) is 9.78 Å². The van der Waals surface area contributed by atoms with Gasteiger partial charge in [0, 0.05) is 18.3 Å². The highest BCUT2D eigenvalue weighted by atomic mass is 16.5. The molecule has 3 aromatic rings. The number of nitrogens with one attached hydrogen (secondary N) is 1. The molecule has 1 N–H and O–H groups in total. The lowest BCUT2D eigenvalue weighted by atomic mass is 10.2. The number of hydrogen-bond donors (Lipinski definition) is 1. The van der Waals surface area contributed by atoms with E-state index >= 15 is 0 Å². The van der Waals surface area contributed by atoms with Gasteiger partial charge in [0.2, 0.25) is 5.43 Å². The monoisotopic (exact) mass is 365 g/mol. The van der Waals surface area contributed by atoms with Gasteiger partial charge < -0.3 is 14.8 Å². The molecule has 27 heavy (non-hydrogen) atoms. The highest BCUT2D eigenvalue weighted by Gasteiger charge is 2.16. The Balaban J connectivity index is 1.94. The van der Waals surface area contributed by atoms with Gasteiger partial charge in [-0.1, -0.05) is 17.7 Å². The Morgan fingerprint density at radius 1 is 1.04 bits per heavy atom. The van der Waals surface area contributed by atoms with Crippen molar-refractivity contribution in [2.45, 2.75) is 6.92 Å². The quantitative estimate of drug-likeness (QED) is 0.752. The van der Waals surface area contributed by atoms with Gasteiger partial charge in [-0.05, 0) is 31.2 Å². The fraction of sp³-hybridized carbons (Fsp3) is 0.150. The number of aromatic nitrogens is 2. The molecule has 1 amide bonds. The average molecular weight is 365 g/mol. The average Bonchev–Trinajstić information content (AvgIpc) is 2.69.